The fraction of sp³-hybridized carbons (Fsp3) is 0.0556. The first-order valence-corrected chi connectivity index (χ1v) is 6.83. The number of nitrogens with zero attached hydrogens (tertiary/aromatic N) is 1. The third-order valence-corrected chi connectivity index (χ3v) is 3.24. The number of aromatic nitrogens is 1. The van der Waals surface area contributed by atoms with Crippen molar-refractivity contribution in [1.29, 1.82) is 0 Å². The Hall–Kier alpha value is -3.01. The molecular formula is C18H15NO3. The van der Waals surface area contributed by atoms with Crippen molar-refractivity contribution in [3.05, 3.63) is 65.9 Å². The predicted molar refractivity (Wildman–Crippen MR) is 85.5 cm³/mol. The number of methoxy groups -OCH3 is 1. The van der Waals surface area contributed by atoms with Crippen LogP contribution in [0.15, 0.2) is 59.1 Å². The summed E-state index contributed by atoms with van der Waals surface area (Å²) in [5.41, 5.74) is 2.70. The number of ether oxygens (including phenoxy) is 1. The van der Waals surface area contributed by atoms with E-state index in [2.05, 4.69) is 5.16 Å². The van der Waals surface area contributed by atoms with Gasteiger partial charge in [-0.05, 0) is 23.8 Å². The van der Waals surface area contributed by atoms with Gasteiger partial charge in [-0.1, -0.05) is 47.6 Å². The van der Waals surface area contributed by atoms with Crippen LogP contribution in [0, 0.1) is 0 Å². The first-order valence-electron chi connectivity index (χ1n) is 6.83. The van der Waals surface area contributed by atoms with Gasteiger partial charge in [-0.25, -0.2) is 0 Å². The Morgan fingerprint density at radius 1 is 1.05 bits per heavy atom. The Kier molecular flexibility index (Phi) is 3.92. The van der Waals surface area contributed by atoms with Gasteiger partial charge in [0.05, 0.1) is 7.11 Å². The molecule has 0 aliphatic carbocycles. The van der Waals surface area contributed by atoms with Crippen LogP contribution in [0.3, 0.4) is 0 Å². The minimum atomic E-state index is 0.116. The topological polar surface area (TPSA) is 55.5 Å². The zero-order chi connectivity index (χ0) is 15.4. The number of phenols is 1. The molecule has 4 heteroatoms. The van der Waals surface area contributed by atoms with Gasteiger partial charge in [-0.15, -0.1) is 0 Å². The van der Waals surface area contributed by atoms with Gasteiger partial charge >= 0.3 is 0 Å². The third-order valence-electron chi connectivity index (χ3n) is 3.24. The Morgan fingerprint density at radius 3 is 2.64 bits per heavy atom. The molecule has 2 aromatic carbocycles. The van der Waals surface area contributed by atoms with Crippen LogP contribution >= 0.6 is 0 Å². The summed E-state index contributed by atoms with van der Waals surface area (Å²) in [5, 5.41) is 13.6. The average Bonchev–Trinajstić information content (AvgIpc) is 3.04. The molecule has 110 valence electrons. The second-order valence-electron chi connectivity index (χ2n) is 4.75. The highest BCUT2D eigenvalue weighted by atomic mass is 16.5. The van der Waals surface area contributed by atoms with E-state index >= 15 is 0 Å². The lowest BCUT2D eigenvalue weighted by Crippen LogP contribution is -1.84. The van der Waals surface area contributed by atoms with Crippen LogP contribution in [-0.2, 0) is 0 Å². The summed E-state index contributed by atoms with van der Waals surface area (Å²) in [5.74, 6) is 1.21. The predicted octanol–water partition coefficient (Wildman–Crippen LogP) is 4.23. The molecule has 0 bridgehead atoms. The summed E-state index contributed by atoms with van der Waals surface area (Å²) in [7, 11) is 1.52. The maximum atomic E-state index is 9.57. The molecule has 3 rings (SSSR count). The lowest BCUT2D eigenvalue weighted by atomic mass is 10.1. The summed E-state index contributed by atoms with van der Waals surface area (Å²) >= 11 is 0. The molecule has 0 saturated heterocycles. The number of benzene rings is 2. The Morgan fingerprint density at radius 2 is 1.86 bits per heavy atom. The smallest absolute Gasteiger partial charge is 0.161 e. The van der Waals surface area contributed by atoms with Crippen molar-refractivity contribution >= 4 is 12.2 Å². The molecule has 1 heterocycles. The van der Waals surface area contributed by atoms with E-state index in [1.54, 1.807) is 18.2 Å². The molecule has 0 aliphatic heterocycles. The molecule has 0 aliphatic rings. The van der Waals surface area contributed by atoms with E-state index in [0.717, 1.165) is 16.8 Å². The monoisotopic (exact) mass is 293 g/mol. The summed E-state index contributed by atoms with van der Waals surface area (Å²) < 4.78 is 10.4. The van der Waals surface area contributed by atoms with Crippen molar-refractivity contribution in [3.63, 3.8) is 0 Å². The number of hydrogen-bond donors (Lipinski definition) is 1. The second-order valence-corrected chi connectivity index (χ2v) is 4.75. The molecule has 3 aromatic rings. The minimum absolute atomic E-state index is 0.116. The van der Waals surface area contributed by atoms with Crippen molar-refractivity contribution < 1.29 is 14.4 Å². The van der Waals surface area contributed by atoms with E-state index in [-0.39, 0.29) is 5.75 Å². The molecular weight excluding hydrogens is 278 g/mol. The molecule has 1 N–H and O–H groups in total. The van der Waals surface area contributed by atoms with Gasteiger partial charge in [0.2, 0.25) is 0 Å². The summed E-state index contributed by atoms with van der Waals surface area (Å²) in [6.45, 7) is 0. The lowest BCUT2D eigenvalue weighted by molar-refractivity contribution is 0.373. The van der Waals surface area contributed by atoms with E-state index in [1.165, 1.54) is 7.11 Å². The molecule has 0 atom stereocenters. The van der Waals surface area contributed by atoms with Crippen molar-refractivity contribution in [3.8, 4) is 22.8 Å². The third kappa shape index (κ3) is 3.01. The van der Waals surface area contributed by atoms with Crippen molar-refractivity contribution in [2.45, 2.75) is 0 Å². The number of aromatic hydroxyl groups is 1. The first kappa shape index (κ1) is 13.9. The van der Waals surface area contributed by atoms with Crippen molar-refractivity contribution in [1.82, 2.24) is 5.16 Å². The zero-order valence-corrected chi connectivity index (χ0v) is 12.1. The number of rotatable bonds is 4. The van der Waals surface area contributed by atoms with Crippen LogP contribution in [0.25, 0.3) is 23.4 Å². The standard InChI is InChI=1S/C18H15NO3/c1-21-18-11-13(8-10-17(18)20)7-9-15-12-16(19-22-15)14-5-3-2-4-6-14/h2-12,20H,1H3. The highest BCUT2D eigenvalue weighted by molar-refractivity contribution is 5.71. The Labute approximate surface area is 128 Å². The second kappa shape index (κ2) is 6.18. The van der Waals surface area contributed by atoms with E-state index in [0.29, 0.717) is 11.5 Å². The highest BCUT2D eigenvalue weighted by Crippen LogP contribution is 2.27. The first-order chi connectivity index (χ1) is 10.8. The summed E-state index contributed by atoms with van der Waals surface area (Å²) in [6, 6.07) is 16.9. The van der Waals surface area contributed by atoms with Crippen LogP contribution in [0.5, 0.6) is 11.5 Å². The fourth-order valence-electron chi connectivity index (χ4n) is 2.09. The normalized spacial score (nSPS) is 11.0. The van der Waals surface area contributed by atoms with Crippen molar-refractivity contribution in [2.75, 3.05) is 7.11 Å². The molecule has 0 fully saturated rings. The van der Waals surface area contributed by atoms with Gasteiger partial charge in [-0.3, -0.25) is 0 Å². The number of phenolic OH excluding ortho intramolecular Hbond substituents is 1. The Bertz CT molecular complexity index is 791. The molecule has 4 nitrogen and oxygen atoms in total. The van der Waals surface area contributed by atoms with Gasteiger partial charge in [0, 0.05) is 11.6 Å². The Balaban J connectivity index is 1.80. The fourth-order valence-corrected chi connectivity index (χ4v) is 2.09. The van der Waals surface area contributed by atoms with Crippen molar-refractivity contribution in [2.24, 2.45) is 0 Å². The average molecular weight is 293 g/mol. The highest BCUT2D eigenvalue weighted by Gasteiger charge is 2.04. The largest absolute Gasteiger partial charge is 0.504 e. The minimum Gasteiger partial charge on any atom is -0.504 e. The van der Waals surface area contributed by atoms with E-state index in [9.17, 15) is 5.11 Å². The van der Waals surface area contributed by atoms with E-state index in [4.69, 9.17) is 9.26 Å². The van der Waals surface area contributed by atoms with Crippen LogP contribution in [0.2, 0.25) is 0 Å². The van der Waals surface area contributed by atoms with Gasteiger partial charge < -0.3 is 14.4 Å². The molecule has 0 unspecified atom stereocenters. The maximum absolute atomic E-state index is 9.57. The van der Waals surface area contributed by atoms with Gasteiger partial charge in [0.1, 0.15) is 5.69 Å². The quantitative estimate of drug-likeness (QED) is 0.782. The summed E-state index contributed by atoms with van der Waals surface area (Å²) in [6.07, 6.45) is 3.70. The molecule has 0 amide bonds. The molecule has 0 saturated carbocycles. The number of hydrogen-bond acceptors (Lipinski definition) is 4. The van der Waals surface area contributed by atoms with Gasteiger partial charge in [-0.2, -0.15) is 0 Å². The van der Waals surface area contributed by atoms with Gasteiger partial charge in [0.15, 0.2) is 17.3 Å². The lowest BCUT2D eigenvalue weighted by Gasteiger charge is -2.03. The zero-order valence-electron chi connectivity index (χ0n) is 12.1. The van der Waals surface area contributed by atoms with Gasteiger partial charge in [0.25, 0.3) is 0 Å². The summed E-state index contributed by atoms with van der Waals surface area (Å²) in [4.78, 5) is 0. The molecule has 22 heavy (non-hydrogen) atoms. The maximum Gasteiger partial charge on any atom is 0.161 e. The SMILES string of the molecule is COc1cc(C=Cc2cc(-c3ccccc3)no2)ccc1O. The van der Waals surface area contributed by atoms with E-state index in [1.807, 2.05) is 48.6 Å². The van der Waals surface area contributed by atoms with Crippen LogP contribution in [0.4, 0.5) is 0 Å². The molecule has 0 radical (unpaired) electrons. The van der Waals surface area contributed by atoms with Crippen LogP contribution < -0.4 is 4.74 Å². The van der Waals surface area contributed by atoms with Crippen LogP contribution in [0.1, 0.15) is 11.3 Å². The molecule has 0 spiro atoms. The molecule has 1 aromatic heterocycles. The van der Waals surface area contributed by atoms with E-state index < -0.39 is 0 Å². The van der Waals surface area contributed by atoms with Crippen LogP contribution in [-0.4, -0.2) is 17.4 Å².